The molecule has 2 aromatic carbocycles. The summed E-state index contributed by atoms with van der Waals surface area (Å²) in [5.41, 5.74) is 2.87. The van der Waals surface area contributed by atoms with E-state index in [4.69, 9.17) is 0 Å². The number of nitrogens with one attached hydrogen (secondary N) is 1. The molecule has 0 heterocycles. The number of nitrogens with zero attached hydrogens (tertiary/aromatic N) is 1. The Morgan fingerprint density at radius 1 is 1.12 bits per heavy atom. The molecule has 0 saturated heterocycles. The highest BCUT2D eigenvalue weighted by Gasteiger charge is 2.31. The van der Waals surface area contributed by atoms with E-state index < -0.39 is 16.1 Å². The van der Waals surface area contributed by atoms with Crippen LogP contribution in [0.4, 0.5) is 5.69 Å². The molecule has 1 N–H and O–H groups in total. The summed E-state index contributed by atoms with van der Waals surface area (Å²) in [5.74, 6) is -0.291. The quantitative estimate of drug-likeness (QED) is 0.877. The molecule has 3 rings (SSSR count). The van der Waals surface area contributed by atoms with Gasteiger partial charge in [-0.15, -0.1) is 0 Å². The summed E-state index contributed by atoms with van der Waals surface area (Å²) in [6.45, 7) is 1.62. The Morgan fingerprint density at radius 2 is 1.77 bits per heavy atom. The molecule has 0 fully saturated rings. The maximum absolute atomic E-state index is 12.9. The van der Waals surface area contributed by atoms with Gasteiger partial charge in [0.15, 0.2) is 0 Å². The lowest BCUT2D eigenvalue weighted by Gasteiger charge is -2.31. The van der Waals surface area contributed by atoms with Crippen LogP contribution in [0, 0.1) is 0 Å². The van der Waals surface area contributed by atoms with E-state index in [1.165, 1.54) is 9.87 Å². The Hall–Kier alpha value is -2.34. The Kier molecular flexibility index (Phi) is 5.32. The molecule has 0 unspecified atom stereocenters. The number of aryl methyl sites for hydroxylation is 1. The molecule has 138 valence electrons. The number of anilines is 1. The molecular weight excluding hydrogens is 348 g/mol. The van der Waals surface area contributed by atoms with Gasteiger partial charge in [-0.05, 0) is 49.4 Å². The summed E-state index contributed by atoms with van der Waals surface area (Å²) in [6.07, 6.45) is 4.00. The monoisotopic (exact) mass is 372 g/mol. The number of amides is 1. The van der Waals surface area contributed by atoms with Crippen molar-refractivity contribution < 1.29 is 13.2 Å². The Labute approximate surface area is 155 Å². The van der Waals surface area contributed by atoms with Gasteiger partial charge < -0.3 is 5.32 Å². The van der Waals surface area contributed by atoms with Gasteiger partial charge in [-0.3, -0.25) is 9.10 Å². The molecule has 1 amide bonds. The third-order valence-electron chi connectivity index (χ3n) is 4.79. The molecule has 0 radical (unpaired) electrons. The van der Waals surface area contributed by atoms with Crippen LogP contribution in [-0.2, 0) is 21.2 Å². The summed E-state index contributed by atoms with van der Waals surface area (Å²) in [7, 11) is -3.59. The van der Waals surface area contributed by atoms with Gasteiger partial charge >= 0.3 is 0 Å². The topological polar surface area (TPSA) is 66.5 Å². The lowest BCUT2D eigenvalue weighted by Crippen LogP contribution is -2.49. The second-order valence-electron chi connectivity index (χ2n) is 6.72. The minimum atomic E-state index is -3.59. The van der Waals surface area contributed by atoms with E-state index in [1.54, 1.807) is 31.2 Å². The number of sulfonamides is 1. The fraction of sp³-hybridized carbons (Fsp3) is 0.350. The maximum atomic E-state index is 12.9. The largest absolute Gasteiger partial charge is 0.347 e. The van der Waals surface area contributed by atoms with E-state index in [0.717, 1.165) is 31.1 Å². The van der Waals surface area contributed by atoms with Gasteiger partial charge in [-0.1, -0.05) is 42.5 Å². The van der Waals surface area contributed by atoms with Crippen LogP contribution in [0.5, 0.6) is 0 Å². The highest BCUT2D eigenvalue weighted by atomic mass is 32.2. The van der Waals surface area contributed by atoms with Crippen LogP contribution in [0.25, 0.3) is 0 Å². The van der Waals surface area contributed by atoms with Crippen LogP contribution in [0.1, 0.15) is 36.9 Å². The van der Waals surface area contributed by atoms with Gasteiger partial charge in [-0.2, -0.15) is 0 Å². The first kappa shape index (κ1) is 18.5. The fourth-order valence-electron chi connectivity index (χ4n) is 3.58. The van der Waals surface area contributed by atoms with Crippen molar-refractivity contribution in [3.63, 3.8) is 0 Å². The first-order valence-corrected chi connectivity index (χ1v) is 10.7. The first-order chi connectivity index (χ1) is 12.4. The maximum Gasteiger partial charge on any atom is 0.244 e. The van der Waals surface area contributed by atoms with Gasteiger partial charge in [-0.25, -0.2) is 8.42 Å². The SMILES string of the molecule is C[C@@H](C(=O)N[C@H]1CCCc2ccccc21)N(c1ccccc1)S(C)(=O)=O. The van der Waals surface area contributed by atoms with Crippen molar-refractivity contribution in [2.24, 2.45) is 0 Å². The molecule has 26 heavy (non-hydrogen) atoms. The van der Waals surface area contributed by atoms with Crippen LogP contribution < -0.4 is 9.62 Å². The lowest BCUT2D eigenvalue weighted by atomic mass is 9.87. The van der Waals surface area contributed by atoms with Crippen LogP contribution in [-0.4, -0.2) is 26.6 Å². The van der Waals surface area contributed by atoms with Gasteiger partial charge in [0, 0.05) is 0 Å². The van der Waals surface area contributed by atoms with E-state index in [1.807, 2.05) is 24.3 Å². The smallest absolute Gasteiger partial charge is 0.244 e. The van der Waals surface area contributed by atoms with Crippen LogP contribution >= 0.6 is 0 Å². The molecule has 0 aromatic heterocycles. The minimum Gasteiger partial charge on any atom is -0.347 e. The zero-order chi connectivity index (χ0) is 18.7. The second kappa shape index (κ2) is 7.50. The Bertz CT molecular complexity index is 881. The molecule has 2 atom stereocenters. The summed E-state index contributed by atoms with van der Waals surface area (Å²) in [5, 5.41) is 3.05. The van der Waals surface area contributed by atoms with Crippen molar-refractivity contribution in [1.29, 1.82) is 0 Å². The summed E-state index contributed by atoms with van der Waals surface area (Å²) >= 11 is 0. The third kappa shape index (κ3) is 3.90. The normalized spacial score (nSPS) is 17.8. The number of benzene rings is 2. The molecule has 0 aliphatic heterocycles. The summed E-state index contributed by atoms with van der Waals surface area (Å²) in [6, 6.07) is 15.9. The Balaban J connectivity index is 1.83. The predicted octanol–water partition coefficient (Wildman–Crippen LogP) is 3.03. The number of fused-ring (bicyclic) bond motifs is 1. The average Bonchev–Trinajstić information content (AvgIpc) is 2.62. The molecule has 1 aliphatic carbocycles. The van der Waals surface area contributed by atoms with Crippen LogP contribution in [0.15, 0.2) is 54.6 Å². The van der Waals surface area contributed by atoms with Gasteiger partial charge in [0.25, 0.3) is 0 Å². The van der Waals surface area contributed by atoms with Crippen molar-refractivity contribution in [1.82, 2.24) is 5.32 Å². The van der Waals surface area contributed by atoms with E-state index in [9.17, 15) is 13.2 Å². The van der Waals surface area contributed by atoms with E-state index in [-0.39, 0.29) is 11.9 Å². The van der Waals surface area contributed by atoms with Crippen molar-refractivity contribution >= 4 is 21.6 Å². The summed E-state index contributed by atoms with van der Waals surface area (Å²) < 4.78 is 25.8. The molecule has 0 spiro atoms. The Morgan fingerprint density at radius 3 is 2.46 bits per heavy atom. The molecule has 5 nitrogen and oxygen atoms in total. The van der Waals surface area contributed by atoms with Gasteiger partial charge in [0.1, 0.15) is 6.04 Å². The number of hydrogen-bond acceptors (Lipinski definition) is 3. The average molecular weight is 372 g/mol. The fourth-order valence-corrected chi connectivity index (χ4v) is 4.75. The zero-order valence-electron chi connectivity index (χ0n) is 15.1. The standard InChI is InChI=1S/C20H24N2O3S/c1-15(22(26(2,24)25)17-11-4-3-5-12-17)20(23)21-19-14-8-10-16-9-6-7-13-18(16)19/h3-7,9,11-13,15,19H,8,10,14H2,1-2H3,(H,21,23)/t15-,19-/m0/s1. The molecule has 1 aliphatic rings. The highest BCUT2D eigenvalue weighted by Crippen LogP contribution is 2.30. The predicted molar refractivity (Wildman–Crippen MR) is 103 cm³/mol. The van der Waals surface area contributed by atoms with Crippen molar-refractivity contribution in [3.05, 3.63) is 65.7 Å². The number of para-hydroxylation sites is 1. The van der Waals surface area contributed by atoms with E-state index in [0.29, 0.717) is 5.69 Å². The lowest BCUT2D eigenvalue weighted by molar-refractivity contribution is -0.122. The first-order valence-electron chi connectivity index (χ1n) is 8.80. The second-order valence-corrected chi connectivity index (χ2v) is 8.58. The van der Waals surface area contributed by atoms with Crippen LogP contribution in [0.2, 0.25) is 0 Å². The van der Waals surface area contributed by atoms with E-state index >= 15 is 0 Å². The molecule has 0 bridgehead atoms. The zero-order valence-corrected chi connectivity index (χ0v) is 15.9. The molecule has 2 aromatic rings. The molecule has 6 heteroatoms. The van der Waals surface area contributed by atoms with Gasteiger partial charge in [0.2, 0.25) is 15.9 Å². The number of rotatable bonds is 5. The third-order valence-corrected chi connectivity index (χ3v) is 6.03. The highest BCUT2D eigenvalue weighted by molar-refractivity contribution is 7.92. The van der Waals surface area contributed by atoms with Crippen molar-refractivity contribution in [3.8, 4) is 0 Å². The van der Waals surface area contributed by atoms with Crippen molar-refractivity contribution in [2.75, 3.05) is 10.6 Å². The summed E-state index contributed by atoms with van der Waals surface area (Å²) in [4.78, 5) is 12.9. The molecular formula is C20H24N2O3S. The van der Waals surface area contributed by atoms with Gasteiger partial charge in [0.05, 0.1) is 18.0 Å². The number of carbonyl (C=O) groups is 1. The van der Waals surface area contributed by atoms with Crippen LogP contribution in [0.3, 0.4) is 0 Å². The van der Waals surface area contributed by atoms with Crippen molar-refractivity contribution in [2.45, 2.75) is 38.3 Å². The number of carbonyl (C=O) groups excluding carboxylic acids is 1. The van der Waals surface area contributed by atoms with E-state index in [2.05, 4.69) is 11.4 Å². The molecule has 0 saturated carbocycles. The minimum absolute atomic E-state index is 0.0768. The number of hydrogen-bond donors (Lipinski definition) is 1.